The highest BCUT2D eigenvalue weighted by Crippen LogP contribution is 2.40. The lowest BCUT2D eigenvalue weighted by molar-refractivity contribution is 0.0870. The fraction of sp³-hybridized carbons (Fsp3) is 0.393. The van der Waals surface area contributed by atoms with Gasteiger partial charge in [0.25, 0.3) is 0 Å². The number of piperidine rings is 3. The Kier molecular flexibility index (Phi) is 6.05. The SMILES string of the molecule is CCOc1nc(C)c2nc(-c3cncc(F)c3)n(Cc3ccc([C@H]4CN5CCC4CC5)c(C#N)c3)c2n1. The van der Waals surface area contributed by atoms with Gasteiger partial charge in [0.2, 0.25) is 0 Å². The largest absolute Gasteiger partial charge is 0.464 e. The van der Waals surface area contributed by atoms with Gasteiger partial charge in [0.05, 0.1) is 36.7 Å². The van der Waals surface area contributed by atoms with Gasteiger partial charge in [0, 0.05) is 24.2 Å². The molecule has 4 aromatic rings. The zero-order valence-electron chi connectivity index (χ0n) is 21.0. The average Bonchev–Trinajstić information content (AvgIpc) is 3.28. The van der Waals surface area contributed by atoms with Crippen LogP contribution < -0.4 is 4.74 Å². The van der Waals surface area contributed by atoms with Crippen molar-refractivity contribution in [2.75, 3.05) is 26.2 Å². The number of aryl methyl sites for hydroxylation is 1. The van der Waals surface area contributed by atoms with E-state index in [0.717, 1.165) is 36.3 Å². The van der Waals surface area contributed by atoms with Crippen LogP contribution >= 0.6 is 0 Å². The molecule has 0 amide bonds. The van der Waals surface area contributed by atoms with Crippen molar-refractivity contribution in [2.24, 2.45) is 5.92 Å². The van der Waals surface area contributed by atoms with Crippen LogP contribution in [0, 0.1) is 30.0 Å². The van der Waals surface area contributed by atoms with Crippen molar-refractivity contribution in [3.63, 3.8) is 0 Å². The summed E-state index contributed by atoms with van der Waals surface area (Å²) >= 11 is 0. The van der Waals surface area contributed by atoms with Gasteiger partial charge in [-0.3, -0.25) is 4.98 Å². The number of aromatic nitrogens is 5. The van der Waals surface area contributed by atoms with Gasteiger partial charge in [-0.15, -0.1) is 0 Å². The van der Waals surface area contributed by atoms with Gasteiger partial charge in [0.1, 0.15) is 17.2 Å². The first-order chi connectivity index (χ1) is 18.0. The van der Waals surface area contributed by atoms with E-state index in [1.807, 2.05) is 24.5 Å². The van der Waals surface area contributed by atoms with E-state index in [4.69, 9.17) is 9.72 Å². The van der Waals surface area contributed by atoms with Crippen LogP contribution in [-0.2, 0) is 6.54 Å². The van der Waals surface area contributed by atoms with E-state index in [2.05, 4.69) is 38.1 Å². The van der Waals surface area contributed by atoms with Gasteiger partial charge in [0.15, 0.2) is 5.65 Å². The Bertz CT molecular complexity index is 1520. The van der Waals surface area contributed by atoms with Crippen LogP contribution in [0.5, 0.6) is 6.01 Å². The Balaban J connectivity index is 1.44. The van der Waals surface area contributed by atoms with Crippen LogP contribution in [0.1, 0.15) is 48.1 Å². The van der Waals surface area contributed by atoms with Crippen LogP contribution in [0.4, 0.5) is 4.39 Å². The maximum absolute atomic E-state index is 14.1. The van der Waals surface area contributed by atoms with Gasteiger partial charge in [-0.2, -0.15) is 15.2 Å². The first kappa shape index (κ1) is 23.5. The number of hydrogen-bond donors (Lipinski definition) is 0. The molecule has 9 heteroatoms. The summed E-state index contributed by atoms with van der Waals surface area (Å²) in [5.74, 6) is 1.14. The summed E-state index contributed by atoms with van der Waals surface area (Å²) in [6.07, 6.45) is 5.15. The molecule has 0 unspecified atom stereocenters. The maximum atomic E-state index is 14.1. The lowest BCUT2D eigenvalue weighted by atomic mass is 9.74. The molecule has 7 rings (SSSR count). The molecule has 2 bridgehead atoms. The summed E-state index contributed by atoms with van der Waals surface area (Å²) < 4.78 is 21.6. The van der Waals surface area contributed by atoms with E-state index >= 15 is 0 Å². The minimum absolute atomic E-state index is 0.271. The van der Waals surface area contributed by atoms with Crippen molar-refractivity contribution in [1.29, 1.82) is 5.26 Å². The van der Waals surface area contributed by atoms with E-state index in [1.54, 1.807) is 6.20 Å². The Morgan fingerprint density at radius 1 is 1.14 bits per heavy atom. The molecule has 0 N–H and O–H groups in total. The number of nitrogens with zero attached hydrogens (tertiary/aromatic N) is 7. The van der Waals surface area contributed by atoms with Crippen molar-refractivity contribution in [3.8, 4) is 23.5 Å². The lowest BCUT2D eigenvalue weighted by Gasteiger charge is -2.45. The monoisotopic (exact) mass is 497 g/mol. The second-order valence-electron chi connectivity index (χ2n) is 9.89. The molecule has 3 aliphatic heterocycles. The minimum Gasteiger partial charge on any atom is -0.464 e. The molecular formula is C28H28FN7O. The highest BCUT2D eigenvalue weighted by atomic mass is 19.1. The number of hydrogen-bond acceptors (Lipinski definition) is 7. The molecule has 188 valence electrons. The summed E-state index contributed by atoms with van der Waals surface area (Å²) in [7, 11) is 0. The third-order valence-corrected chi connectivity index (χ3v) is 7.62. The topological polar surface area (TPSA) is 92.8 Å². The van der Waals surface area contributed by atoms with Gasteiger partial charge < -0.3 is 14.2 Å². The minimum atomic E-state index is -0.442. The first-order valence-corrected chi connectivity index (χ1v) is 12.8. The van der Waals surface area contributed by atoms with Crippen molar-refractivity contribution < 1.29 is 9.13 Å². The Labute approximate surface area is 214 Å². The molecule has 3 aliphatic rings. The van der Waals surface area contributed by atoms with Gasteiger partial charge in [-0.05, 0) is 69.0 Å². The molecule has 6 heterocycles. The lowest BCUT2D eigenvalue weighted by Crippen LogP contribution is -2.46. The molecule has 3 fully saturated rings. The molecule has 0 aliphatic carbocycles. The predicted octanol–water partition coefficient (Wildman–Crippen LogP) is 4.46. The molecule has 3 aromatic heterocycles. The fourth-order valence-corrected chi connectivity index (χ4v) is 5.83. The normalized spacial score (nSPS) is 20.8. The van der Waals surface area contributed by atoms with Gasteiger partial charge >= 0.3 is 6.01 Å². The van der Waals surface area contributed by atoms with Crippen molar-refractivity contribution >= 4 is 11.2 Å². The second-order valence-corrected chi connectivity index (χ2v) is 9.89. The molecule has 8 nitrogen and oxygen atoms in total. The quantitative estimate of drug-likeness (QED) is 0.388. The summed E-state index contributed by atoms with van der Waals surface area (Å²) in [5.41, 5.74) is 5.23. The maximum Gasteiger partial charge on any atom is 0.318 e. The van der Waals surface area contributed by atoms with Gasteiger partial charge in [-0.25, -0.2) is 9.37 Å². The summed E-state index contributed by atoms with van der Waals surface area (Å²) in [6.45, 7) is 7.93. The molecule has 1 atom stereocenters. The molecule has 0 radical (unpaired) electrons. The standard InChI is InChI=1S/C28H28FN7O/c1-3-37-28-32-17(2)25-27(34-28)36(26(33-25)21-11-22(29)14-31-13-21)15-18-4-5-23(20(10-18)12-30)24-16-35-8-6-19(24)7-9-35/h4-5,10-11,13-14,19,24H,3,6-9,15-16H2,1-2H3/t24-/m0/s1. The number of fused-ring (bicyclic) bond motifs is 4. The Morgan fingerprint density at radius 2 is 1.97 bits per heavy atom. The highest BCUT2D eigenvalue weighted by Gasteiger charge is 2.36. The number of ether oxygens (including phenoxy) is 1. The summed E-state index contributed by atoms with van der Waals surface area (Å²) in [5, 5.41) is 10.1. The predicted molar refractivity (Wildman–Crippen MR) is 137 cm³/mol. The third kappa shape index (κ3) is 4.31. The summed E-state index contributed by atoms with van der Waals surface area (Å²) in [4.78, 5) is 20.4. The Hall–Kier alpha value is -3.90. The molecule has 0 spiro atoms. The van der Waals surface area contributed by atoms with Gasteiger partial charge in [-0.1, -0.05) is 12.1 Å². The van der Waals surface area contributed by atoms with Crippen molar-refractivity contribution in [2.45, 2.75) is 39.2 Å². The van der Waals surface area contributed by atoms with Crippen molar-refractivity contribution in [1.82, 2.24) is 29.4 Å². The Morgan fingerprint density at radius 3 is 2.68 bits per heavy atom. The summed E-state index contributed by atoms with van der Waals surface area (Å²) in [6, 6.07) is 10.3. The number of benzene rings is 1. The number of pyridine rings is 1. The van der Waals surface area contributed by atoms with Crippen LogP contribution in [0.2, 0.25) is 0 Å². The first-order valence-electron chi connectivity index (χ1n) is 12.8. The molecule has 3 saturated heterocycles. The smallest absolute Gasteiger partial charge is 0.318 e. The zero-order chi connectivity index (χ0) is 25.5. The fourth-order valence-electron chi connectivity index (χ4n) is 5.83. The molecule has 0 saturated carbocycles. The number of halogens is 1. The van der Waals surface area contributed by atoms with E-state index < -0.39 is 5.82 Å². The third-order valence-electron chi connectivity index (χ3n) is 7.62. The van der Waals surface area contributed by atoms with E-state index in [0.29, 0.717) is 53.2 Å². The van der Waals surface area contributed by atoms with E-state index in [-0.39, 0.29) is 6.01 Å². The van der Waals surface area contributed by atoms with E-state index in [9.17, 15) is 9.65 Å². The number of nitriles is 1. The van der Waals surface area contributed by atoms with Crippen LogP contribution in [0.15, 0.2) is 36.7 Å². The number of rotatable bonds is 6. The van der Waals surface area contributed by atoms with Crippen LogP contribution in [0.3, 0.4) is 0 Å². The second kappa shape index (κ2) is 9.52. The molecular weight excluding hydrogens is 469 g/mol. The molecule has 37 heavy (non-hydrogen) atoms. The van der Waals surface area contributed by atoms with Crippen LogP contribution in [0.25, 0.3) is 22.6 Å². The zero-order valence-corrected chi connectivity index (χ0v) is 21.0. The molecule has 1 aromatic carbocycles. The van der Waals surface area contributed by atoms with Crippen molar-refractivity contribution in [3.05, 3.63) is 64.9 Å². The highest BCUT2D eigenvalue weighted by molar-refractivity contribution is 5.79. The number of imidazole rings is 1. The van der Waals surface area contributed by atoms with E-state index in [1.165, 1.54) is 25.1 Å². The van der Waals surface area contributed by atoms with Crippen LogP contribution in [-0.4, -0.2) is 55.6 Å². The average molecular weight is 498 g/mol.